The fourth-order valence-electron chi connectivity index (χ4n) is 6.06. The van der Waals surface area contributed by atoms with Crippen LogP contribution in [-0.2, 0) is 26.1 Å². The third-order valence-electron chi connectivity index (χ3n) is 8.13. The number of rotatable bonds is 8. The van der Waals surface area contributed by atoms with E-state index in [4.69, 9.17) is 14.2 Å². The maximum absolute atomic E-state index is 13.5. The van der Waals surface area contributed by atoms with Gasteiger partial charge in [-0.1, -0.05) is 30.3 Å². The standard InChI is InChI=1S/C28H37N3O6S/c1-20-12-26(27(35-2)29-15-20)38(33,34)30-17-23-13-25(14-24(23)18-30)31(16-21-8-10-36-11-9-21)28(32)37-19-22-6-4-3-5-7-22/h3-7,12,15,21,23-25H,8-11,13-14,16-19H2,1-2H3/t23-,24+,25?. The molecule has 5 rings (SSSR count). The van der Waals surface area contributed by atoms with Gasteiger partial charge in [0.05, 0.1) is 7.11 Å². The van der Waals surface area contributed by atoms with E-state index in [2.05, 4.69) is 4.98 Å². The van der Waals surface area contributed by atoms with Gasteiger partial charge in [0.15, 0.2) is 0 Å². The molecule has 206 valence electrons. The molecule has 10 heteroatoms. The van der Waals surface area contributed by atoms with Crippen molar-refractivity contribution in [2.75, 3.05) is 40.0 Å². The second kappa shape index (κ2) is 11.6. The summed E-state index contributed by atoms with van der Waals surface area (Å²) in [4.78, 5) is 19.5. The fourth-order valence-corrected chi connectivity index (χ4v) is 7.81. The Morgan fingerprint density at radius 1 is 1.13 bits per heavy atom. The molecule has 3 heterocycles. The van der Waals surface area contributed by atoms with Crippen LogP contribution in [0.2, 0.25) is 0 Å². The number of sulfonamides is 1. The first-order valence-electron chi connectivity index (χ1n) is 13.4. The van der Waals surface area contributed by atoms with E-state index in [-0.39, 0.29) is 41.4 Å². The van der Waals surface area contributed by atoms with E-state index in [9.17, 15) is 13.2 Å². The van der Waals surface area contributed by atoms with Gasteiger partial charge >= 0.3 is 6.09 Å². The lowest BCUT2D eigenvalue weighted by molar-refractivity contribution is 0.0351. The van der Waals surface area contributed by atoms with Crippen LogP contribution in [0.25, 0.3) is 0 Å². The maximum atomic E-state index is 13.5. The van der Waals surface area contributed by atoms with Crippen molar-refractivity contribution < 1.29 is 27.4 Å². The van der Waals surface area contributed by atoms with Crippen LogP contribution in [0.15, 0.2) is 47.5 Å². The molecular formula is C28H37N3O6S. The summed E-state index contributed by atoms with van der Waals surface area (Å²) in [5.41, 5.74) is 1.72. The highest BCUT2D eigenvalue weighted by Crippen LogP contribution is 2.43. The Bertz CT molecular complexity index is 1200. The molecule has 38 heavy (non-hydrogen) atoms. The van der Waals surface area contributed by atoms with E-state index < -0.39 is 10.0 Å². The predicted octanol–water partition coefficient (Wildman–Crippen LogP) is 3.86. The van der Waals surface area contributed by atoms with Crippen LogP contribution in [0.4, 0.5) is 4.79 Å². The number of fused-ring (bicyclic) bond motifs is 1. The average Bonchev–Trinajstić information content (AvgIpc) is 3.52. The molecule has 3 fully saturated rings. The van der Waals surface area contributed by atoms with Crippen molar-refractivity contribution in [3.8, 4) is 5.88 Å². The number of benzene rings is 1. The predicted molar refractivity (Wildman–Crippen MR) is 141 cm³/mol. The highest BCUT2D eigenvalue weighted by molar-refractivity contribution is 7.89. The molecule has 9 nitrogen and oxygen atoms in total. The number of pyridine rings is 1. The Hall–Kier alpha value is -2.69. The van der Waals surface area contributed by atoms with Crippen molar-refractivity contribution in [3.05, 3.63) is 53.7 Å². The number of amides is 1. The Morgan fingerprint density at radius 3 is 2.47 bits per heavy atom. The lowest BCUT2D eigenvalue weighted by Gasteiger charge is -2.34. The van der Waals surface area contributed by atoms with Crippen molar-refractivity contribution in [3.63, 3.8) is 0 Å². The summed E-state index contributed by atoms with van der Waals surface area (Å²) in [7, 11) is -2.30. The van der Waals surface area contributed by atoms with Gasteiger partial charge in [-0.2, -0.15) is 4.31 Å². The first kappa shape index (κ1) is 26.9. The quantitative estimate of drug-likeness (QED) is 0.499. The van der Waals surface area contributed by atoms with Crippen LogP contribution >= 0.6 is 0 Å². The van der Waals surface area contributed by atoms with Crippen molar-refractivity contribution in [2.45, 2.75) is 50.2 Å². The second-order valence-electron chi connectivity index (χ2n) is 10.7. The fraction of sp³-hybridized carbons (Fsp3) is 0.571. The van der Waals surface area contributed by atoms with Crippen LogP contribution in [0.5, 0.6) is 5.88 Å². The average molecular weight is 544 g/mol. The largest absolute Gasteiger partial charge is 0.480 e. The van der Waals surface area contributed by atoms with E-state index in [1.54, 1.807) is 16.6 Å². The minimum atomic E-state index is -3.74. The van der Waals surface area contributed by atoms with Gasteiger partial charge in [-0.15, -0.1) is 0 Å². The number of ether oxygens (including phenoxy) is 3. The summed E-state index contributed by atoms with van der Waals surface area (Å²) in [6.45, 7) is 5.01. The van der Waals surface area contributed by atoms with Gasteiger partial charge < -0.3 is 19.1 Å². The normalized spacial score (nSPS) is 24.2. The molecule has 1 aromatic carbocycles. The minimum Gasteiger partial charge on any atom is -0.480 e. The zero-order chi connectivity index (χ0) is 26.7. The molecule has 0 bridgehead atoms. The van der Waals surface area contributed by atoms with Gasteiger partial charge in [-0.25, -0.2) is 18.2 Å². The number of aryl methyl sites for hydroxylation is 1. The van der Waals surface area contributed by atoms with Crippen molar-refractivity contribution in [1.29, 1.82) is 0 Å². The Balaban J connectivity index is 1.27. The molecule has 0 N–H and O–H groups in total. The van der Waals surface area contributed by atoms with Gasteiger partial charge in [-0.3, -0.25) is 0 Å². The monoisotopic (exact) mass is 543 g/mol. The van der Waals surface area contributed by atoms with E-state index in [1.807, 2.05) is 42.2 Å². The van der Waals surface area contributed by atoms with E-state index in [1.165, 1.54) is 7.11 Å². The van der Waals surface area contributed by atoms with Gasteiger partial charge in [0.25, 0.3) is 0 Å². The van der Waals surface area contributed by atoms with Crippen LogP contribution < -0.4 is 4.74 Å². The minimum absolute atomic E-state index is 0.0381. The van der Waals surface area contributed by atoms with Crippen LogP contribution in [-0.4, -0.2) is 74.7 Å². The lowest BCUT2D eigenvalue weighted by atomic mass is 9.98. The highest BCUT2D eigenvalue weighted by atomic mass is 32.2. The maximum Gasteiger partial charge on any atom is 0.410 e. The van der Waals surface area contributed by atoms with Gasteiger partial charge in [0.1, 0.15) is 11.5 Å². The second-order valence-corrected chi connectivity index (χ2v) is 12.6. The number of methoxy groups -OCH3 is 1. The molecule has 1 saturated carbocycles. The molecule has 3 atom stereocenters. The molecule has 0 radical (unpaired) electrons. The summed E-state index contributed by atoms with van der Waals surface area (Å²) in [5.74, 6) is 0.885. The van der Waals surface area contributed by atoms with E-state index in [0.29, 0.717) is 25.6 Å². The van der Waals surface area contributed by atoms with Gasteiger partial charge in [0, 0.05) is 45.1 Å². The van der Waals surface area contributed by atoms with Crippen LogP contribution in [0, 0.1) is 24.7 Å². The van der Waals surface area contributed by atoms with E-state index in [0.717, 1.165) is 50.0 Å². The number of aromatic nitrogens is 1. The lowest BCUT2D eigenvalue weighted by Crippen LogP contribution is -2.44. The molecule has 1 aromatic heterocycles. The third-order valence-corrected chi connectivity index (χ3v) is 9.96. The summed E-state index contributed by atoms with van der Waals surface area (Å²) in [6, 6.07) is 11.4. The molecule has 2 aliphatic heterocycles. The Labute approximate surface area is 225 Å². The number of carbonyl (C=O) groups is 1. The molecule has 0 spiro atoms. The van der Waals surface area contributed by atoms with E-state index >= 15 is 0 Å². The first-order valence-corrected chi connectivity index (χ1v) is 14.8. The summed E-state index contributed by atoms with van der Waals surface area (Å²) in [6.07, 6.45) is 4.71. The smallest absolute Gasteiger partial charge is 0.410 e. The molecule has 3 aliphatic rings. The zero-order valence-corrected chi connectivity index (χ0v) is 22.9. The zero-order valence-electron chi connectivity index (χ0n) is 22.1. The number of hydrogen-bond donors (Lipinski definition) is 0. The van der Waals surface area contributed by atoms with Crippen molar-refractivity contribution in [1.82, 2.24) is 14.2 Å². The molecular weight excluding hydrogens is 506 g/mol. The molecule has 1 amide bonds. The molecule has 1 unspecified atom stereocenters. The number of hydrogen-bond acceptors (Lipinski definition) is 7. The van der Waals surface area contributed by atoms with Crippen LogP contribution in [0.1, 0.15) is 36.8 Å². The van der Waals surface area contributed by atoms with Crippen LogP contribution in [0.3, 0.4) is 0 Å². The first-order chi connectivity index (χ1) is 18.3. The third kappa shape index (κ3) is 5.82. The SMILES string of the molecule is COc1ncc(C)cc1S(=O)(=O)N1C[C@H]2CC(N(CC3CCOCC3)C(=O)OCc3ccccc3)C[C@H]2C1. The molecule has 1 aliphatic carbocycles. The number of nitrogens with zero attached hydrogens (tertiary/aromatic N) is 3. The topological polar surface area (TPSA) is 98.3 Å². The van der Waals surface area contributed by atoms with Crippen molar-refractivity contribution in [2.24, 2.45) is 17.8 Å². The Kier molecular flexibility index (Phi) is 8.20. The molecule has 2 saturated heterocycles. The molecule has 2 aromatic rings. The number of carbonyl (C=O) groups excluding carboxylic acids is 1. The highest BCUT2D eigenvalue weighted by Gasteiger charge is 2.48. The summed E-state index contributed by atoms with van der Waals surface area (Å²) >= 11 is 0. The summed E-state index contributed by atoms with van der Waals surface area (Å²) < 4.78 is 45.1. The summed E-state index contributed by atoms with van der Waals surface area (Å²) in [5, 5.41) is 0. The van der Waals surface area contributed by atoms with Gasteiger partial charge in [0.2, 0.25) is 15.9 Å². The van der Waals surface area contributed by atoms with Crippen molar-refractivity contribution >= 4 is 16.1 Å². The van der Waals surface area contributed by atoms with Gasteiger partial charge in [-0.05, 0) is 67.6 Å². The Morgan fingerprint density at radius 2 is 1.82 bits per heavy atom.